The average Bonchev–Trinajstić information content (AvgIpc) is 3.17. The summed E-state index contributed by atoms with van der Waals surface area (Å²) in [5.41, 5.74) is 6.96. The summed E-state index contributed by atoms with van der Waals surface area (Å²) in [7, 11) is 0. The summed E-state index contributed by atoms with van der Waals surface area (Å²) < 4.78 is 0. The van der Waals surface area contributed by atoms with Crippen molar-refractivity contribution in [3.05, 3.63) is 64.6 Å². The van der Waals surface area contributed by atoms with Crippen molar-refractivity contribution in [3.63, 3.8) is 0 Å². The van der Waals surface area contributed by atoms with Crippen LogP contribution in [-0.4, -0.2) is 28.8 Å². The highest BCUT2D eigenvalue weighted by atomic mass is 32.2. The molecule has 8 nitrogen and oxygen atoms in total. The summed E-state index contributed by atoms with van der Waals surface area (Å²) in [6, 6.07) is 13.2. The fraction of sp³-hybridized carbons (Fsp3) is 0.0500. The zero-order valence-electron chi connectivity index (χ0n) is 15.1. The number of amides is 4. The molecular formula is C20H14N4O4S. The van der Waals surface area contributed by atoms with Crippen LogP contribution in [0.15, 0.2) is 58.4 Å². The van der Waals surface area contributed by atoms with E-state index in [9.17, 15) is 19.2 Å². The van der Waals surface area contributed by atoms with Crippen LogP contribution < -0.4 is 16.0 Å². The summed E-state index contributed by atoms with van der Waals surface area (Å²) >= 11 is 0.970. The average molecular weight is 406 g/mol. The fourth-order valence-electron chi connectivity index (χ4n) is 3.18. The zero-order valence-corrected chi connectivity index (χ0v) is 15.9. The quantitative estimate of drug-likeness (QED) is 0.738. The van der Waals surface area contributed by atoms with E-state index in [-0.39, 0.29) is 21.2 Å². The van der Waals surface area contributed by atoms with Gasteiger partial charge in [-0.25, -0.2) is 9.89 Å². The molecular weight excluding hydrogens is 392 g/mol. The first kappa shape index (κ1) is 18.6. The number of imide groups is 1. The number of amidine groups is 1. The van der Waals surface area contributed by atoms with Gasteiger partial charge in [-0.2, -0.15) is 0 Å². The highest BCUT2D eigenvalue weighted by Crippen LogP contribution is 2.42. The molecule has 1 fully saturated rings. The Bertz CT molecular complexity index is 1170. The third-order valence-corrected chi connectivity index (χ3v) is 5.37. The molecule has 0 radical (unpaired) electrons. The summed E-state index contributed by atoms with van der Waals surface area (Å²) in [6.45, 7) is 1.29. The van der Waals surface area contributed by atoms with Gasteiger partial charge in [-0.05, 0) is 30.0 Å². The third-order valence-electron chi connectivity index (χ3n) is 4.39. The van der Waals surface area contributed by atoms with Gasteiger partial charge in [-0.1, -0.05) is 30.3 Å². The van der Waals surface area contributed by atoms with Crippen LogP contribution >= 0.6 is 11.8 Å². The number of carbonyl (C=O) groups excluding carboxylic acids is 4. The first-order chi connectivity index (χ1) is 13.9. The molecule has 144 valence electrons. The minimum absolute atomic E-state index is 0.140. The number of aliphatic imine (C=N–C) groups is 1. The van der Waals surface area contributed by atoms with Crippen LogP contribution in [0.25, 0.3) is 5.57 Å². The number of primary amides is 1. The lowest BCUT2D eigenvalue weighted by Gasteiger charge is -2.11. The molecule has 0 saturated carbocycles. The van der Waals surface area contributed by atoms with Crippen molar-refractivity contribution < 1.29 is 19.2 Å². The maximum atomic E-state index is 12.9. The summed E-state index contributed by atoms with van der Waals surface area (Å²) in [4.78, 5) is 54.5. The second kappa shape index (κ2) is 7.02. The van der Waals surface area contributed by atoms with Crippen molar-refractivity contribution in [2.24, 2.45) is 10.7 Å². The molecule has 2 aromatic carbocycles. The maximum Gasteiger partial charge on any atom is 0.267 e. The first-order valence-electron chi connectivity index (χ1n) is 8.54. The van der Waals surface area contributed by atoms with Crippen LogP contribution in [0.5, 0.6) is 0 Å². The Hall–Kier alpha value is -3.72. The van der Waals surface area contributed by atoms with Crippen molar-refractivity contribution in [1.82, 2.24) is 5.32 Å². The maximum absolute atomic E-state index is 12.9. The molecule has 0 aliphatic carbocycles. The SMILES string of the molecule is CC(=O)N1C(=O)/C(=C2\SC(=Nc3ccccc3C(N)=O)NC2=O)c2ccccc21. The van der Waals surface area contributed by atoms with Crippen molar-refractivity contribution in [2.45, 2.75) is 6.92 Å². The van der Waals surface area contributed by atoms with Gasteiger partial charge in [0.2, 0.25) is 5.91 Å². The van der Waals surface area contributed by atoms with E-state index in [0.717, 1.165) is 16.7 Å². The molecule has 2 aliphatic rings. The van der Waals surface area contributed by atoms with Crippen LogP contribution in [0.3, 0.4) is 0 Å². The zero-order chi connectivity index (χ0) is 20.7. The second-order valence-electron chi connectivity index (χ2n) is 6.24. The minimum atomic E-state index is -0.644. The van der Waals surface area contributed by atoms with Crippen LogP contribution in [-0.2, 0) is 14.4 Å². The second-order valence-corrected chi connectivity index (χ2v) is 7.23. The third kappa shape index (κ3) is 3.11. The number of anilines is 1. The lowest BCUT2D eigenvalue weighted by molar-refractivity contribution is -0.122. The predicted molar refractivity (Wildman–Crippen MR) is 109 cm³/mol. The lowest BCUT2D eigenvalue weighted by Crippen LogP contribution is -2.31. The molecule has 0 bridgehead atoms. The number of hydrogen-bond donors (Lipinski definition) is 2. The van der Waals surface area contributed by atoms with Crippen molar-refractivity contribution in [1.29, 1.82) is 0 Å². The molecule has 1 saturated heterocycles. The van der Waals surface area contributed by atoms with Gasteiger partial charge < -0.3 is 11.1 Å². The number of para-hydroxylation sites is 2. The normalized spacial score (nSPS) is 19.5. The number of carbonyl (C=O) groups is 4. The van der Waals surface area contributed by atoms with Gasteiger partial charge >= 0.3 is 0 Å². The van der Waals surface area contributed by atoms with E-state index in [2.05, 4.69) is 10.3 Å². The van der Waals surface area contributed by atoms with Crippen LogP contribution in [0, 0.1) is 0 Å². The summed E-state index contributed by atoms with van der Waals surface area (Å²) in [6.07, 6.45) is 0. The van der Waals surface area contributed by atoms with Gasteiger partial charge in [0.25, 0.3) is 17.7 Å². The minimum Gasteiger partial charge on any atom is -0.366 e. The fourth-order valence-corrected chi connectivity index (χ4v) is 4.10. The summed E-state index contributed by atoms with van der Waals surface area (Å²) in [5.74, 6) is -2.15. The topological polar surface area (TPSA) is 122 Å². The number of fused-ring (bicyclic) bond motifs is 1. The molecule has 0 aromatic heterocycles. The smallest absolute Gasteiger partial charge is 0.267 e. The lowest BCUT2D eigenvalue weighted by atomic mass is 10.1. The number of benzene rings is 2. The molecule has 29 heavy (non-hydrogen) atoms. The Balaban J connectivity index is 1.79. The largest absolute Gasteiger partial charge is 0.366 e. The van der Waals surface area contributed by atoms with E-state index in [0.29, 0.717) is 16.9 Å². The number of hydrogen-bond acceptors (Lipinski definition) is 6. The van der Waals surface area contributed by atoms with Gasteiger partial charge in [0.15, 0.2) is 5.17 Å². The molecule has 4 rings (SSSR count). The predicted octanol–water partition coefficient (Wildman–Crippen LogP) is 1.94. The van der Waals surface area contributed by atoms with Crippen molar-refractivity contribution >= 4 is 57.5 Å². The summed E-state index contributed by atoms with van der Waals surface area (Å²) in [5, 5.41) is 2.81. The molecule has 2 aromatic rings. The van der Waals surface area contributed by atoms with E-state index in [4.69, 9.17) is 5.73 Å². The number of rotatable bonds is 2. The molecule has 9 heteroatoms. The van der Waals surface area contributed by atoms with E-state index in [1.807, 2.05) is 0 Å². The van der Waals surface area contributed by atoms with E-state index < -0.39 is 23.6 Å². The Morgan fingerprint density at radius 1 is 1.07 bits per heavy atom. The Morgan fingerprint density at radius 2 is 1.76 bits per heavy atom. The standard InChI is InChI=1S/C20H14N4O4S/c1-10(25)24-14-9-5-3-7-12(14)15(19(24)28)16-18(27)23-20(29-16)22-13-8-4-2-6-11(13)17(21)26/h2-9H,1H3,(H2,21,26)(H,22,23,27)/b16-15-. The number of nitrogens with two attached hydrogens (primary N) is 1. The molecule has 2 heterocycles. The van der Waals surface area contributed by atoms with E-state index in [1.165, 1.54) is 13.0 Å². The monoisotopic (exact) mass is 406 g/mol. The van der Waals surface area contributed by atoms with E-state index in [1.54, 1.807) is 42.5 Å². The Morgan fingerprint density at radius 3 is 2.48 bits per heavy atom. The van der Waals surface area contributed by atoms with Gasteiger partial charge in [-0.15, -0.1) is 0 Å². The van der Waals surface area contributed by atoms with Crippen molar-refractivity contribution in [2.75, 3.05) is 4.90 Å². The molecule has 4 amide bonds. The van der Waals surface area contributed by atoms with Gasteiger partial charge in [0, 0.05) is 12.5 Å². The van der Waals surface area contributed by atoms with Gasteiger partial charge in [-0.3, -0.25) is 19.2 Å². The molecule has 2 aliphatic heterocycles. The van der Waals surface area contributed by atoms with Crippen LogP contribution in [0.2, 0.25) is 0 Å². The number of nitrogens with one attached hydrogen (secondary N) is 1. The number of nitrogens with zero attached hydrogens (tertiary/aromatic N) is 2. The van der Waals surface area contributed by atoms with Crippen molar-refractivity contribution in [3.8, 4) is 0 Å². The molecule has 3 N–H and O–H groups in total. The number of thioether (sulfide) groups is 1. The first-order valence-corrected chi connectivity index (χ1v) is 9.35. The van der Waals surface area contributed by atoms with Gasteiger partial charge in [0.05, 0.1) is 27.4 Å². The molecule has 0 unspecified atom stereocenters. The highest BCUT2D eigenvalue weighted by molar-refractivity contribution is 8.18. The van der Waals surface area contributed by atoms with Crippen LogP contribution in [0.4, 0.5) is 11.4 Å². The molecule has 0 atom stereocenters. The van der Waals surface area contributed by atoms with Crippen LogP contribution in [0.1, 0.15) is 22.8 Å². The Kier molecular flexibility index (Phi) is 4.51. The highest BCUT2D eigenvalue weighted by Gasteiger charge is 2.40. The van der Waals surface area contributed by atoms with Gasteiger partial charge in [0.1, 0.15) is 0 Å². The van der Waals surface area contributed by atoms with E-state index >= 15 is 0 Å². The molecule has 0 spiro atoms. The Labute approximate surface area is 169 Å².